The number of hydrogen-bond acceptors (Lipinski definition) is 4. The third kappa shape index (κ3) is 3.70. The number of halogens is 4. The van der Waals surface area contributed by atoms with Crippen LogP contribution >= 0.6 is 0 Å². The molecule has 2 aromatic carbocycles. The molecule has 3 aromatic rings. The Balaban J connectivity index is 1.64. The topological polar surface area (TPSA) is 51.0 Å². The molecule has 0 radical (unpaired) electrons. The molecule has 1 N–H and O–H groups in total. The highest BCUT2D eigenvalue weighted by Gasteiger charge is 2.29. The van der Waals surface area contributed by atoms with Crippen molar-refractivity contribution in [2.45, 2.75) is 12.7 Å². The van der Waals surface area contributed by atoms with E-state index in [1.807, 2.05) is 0 Å². The predicted octanol–water partition coefficient (Wildman–Crippen LogP) is 4.51. The lowest BCUT2D eigenvalue weighted by atomic mass is 10.2. The van der Waals surface area contributed by atoms with E-state index in [0.717, 1.165) is 12.1 Å². The van der Waals surface area contributed by atoms with Gasteiger partial charge in [0.1, 0.15) is 5.82 Å². The second-order valence-electron chi connectivity index (χ2n) is 4.94. The van der Waals surface area contributed by atoms with Crippen LogP contribution in [0.5, 0.6) is 0 Å². The van der Waals surface area contributed by atoms with Crippen molar-refractivity contribution in [2.24, 2.45) is 0 Å². The fourth-order valence-corrected chi connectivity index (χ4v) is 1.99. The van der Waals surface area contributed by atoms with Gasteiger partial charge in [0.05, 0.1) is 12.1 Å². The van der Waals surface area contributed by atoms with Crippen molar-refractivity contribution in [1.29, 1.82) is 0 Å². The molecule has 3 rings (SSSR count). The van der Waals surface area contributed by atoms with Crippen LogP contribution < -0.4 is 5.32 Å². The number of aromatic nitrogens is 2. The maximum absolute atomic E-state index is 12.9. The van der Waals surface area contributed by atoms with Gasteiger partial charge >= 0.3 is 6.18 Å². The molecule has 24 heavy (non-hydrogen) atoms. The fraction of sp³-hybridized carbons (Fsp3) is 0.125. The summed E-state index contributed by atoms with van der Waals surface area (Å²) in [4.78, 5) is 0. The highest BCUT2D eigenvalue weighted by Crippen LogP contribution is 2.29. The van der Waals surface area contributed by atoms with E-state index >= 15 is 0 Å². The fourth-order valence-electron chi connectivity index (χ4n) is 1.99. The van der Waals surface area contributed by atoms with E-state index in [0.29, 0.717) is 11.3 Å². The molecule has 0 saturated carbocycles. The van der Waals surface area contributed by atoms with Gasteiger partial charge in [-0.05, 0) is 48.5 Å². The highest BCUT2D eigenvalue weighted by molar-refractivity contribution is 5.52. The van der Waals surface area contributed by atoms with Gasteiger partial charge in [0.2, 0.25) is 11.8 Å². The van der Waals surface area contributed by atoms with E-state index in [1.165, 1.54) is 36.4 Å². The van der Waals surface area contributed by atoms with Crippen molar-refractivity contribution in [2.75, 3.05) is 5.32 Å². The molecule has 0 aliphatic carbocycles. The summed E-state index contributed by atoms with van der Waals surface area (Å²) in [6, 6.07) is 10.2. The lowest BCUT2D eigenvalue weighted by Crippen LogP contribution is -2.05. The molecule has 0 saturated heterocycles. The Morgan fingerprint density at radius 3 is 2.21 bits per heavy atom. The Bertz CT molecular complexity index is 811. The van der Waals surface area contributed by atoms with Crippen molar-refractivity contribution in [3.63, 3.8) is 0 Å². The van der Waals surface area contributed by atoms with E-state index in [-0.39, 0.29) is 24.1 Å². The lowest BCUT2D eigenvalue weighted by molar-refractivity contribution is -0.137. The third-order valence-electron chi connectivity index (χ3n) is 3.21. The van der Waals surface area contributed by atoms with Crippen LogP contribution in [0.15, 0.2) is 52.9 Å². The molecule has 0 spiro atoms. The number of anilines is 1. The first-order chi connectivity index (χ1) is 11.4. The zero-order valence-corrected chi connectivity index (χ0v) is 12.1. The van der Waals surface area contributed by atoms with Crippen LogP contribution in [0.1, 0.15) is 11.5 Å². The summed E-state index contributed by atoms with van der Waals surface area (Å²) in [6.07, 6.45) is -4.37. The molecule has 0 bridgehead atoms. The van der Waals surface area contributed by atoms with Crippen molar-refractivity contribution < 1.29 is 22.0 Å². The Morgan fingerprint density at radius 2 is 1.58 bits per heavy atom. The van der Waals surface area contributed by atoms with Gasteiger partial charge in [-0.25, -0.2) is 4.39 Å². The maximum Gasteiger partial charge on any atom is 0.416 e. The van der Waals surface area contributed by atoms with Crippen LogP contribution in [0.4, 0.5) is 23.2 Å². The third-order valence-corrected chi connectivity index (χ3v) is 3.21. The number of nitrogens with zero attached hydrogens (tertiary/aromatic N) is 2. The maximum atomic E-state index is 12.9. The van der Waals surface area contributed by atoms with Gasteiger partial charge in [-0.2, -0.15) is 13.2 Å². The molecule has 4 nitrogen and oxygen atoms in total. The number of alkyl halides is 3. The summed E-state index contributed by atoms with van der Waals surface area (Å²) in [6.45, 7) is 0.152. The SMILES string of the molecule is Fc1ccc(-c2nnc(CNc3ccc(C(F)(F)F)cc3)o2)cc1. The Kier molecular flexibility index (Phi) is 4.20. The second kappa shape index (κ2) is 6.31. The van der Waals surface area contributed by atoms with Gasteiger partial charge in [0.25, 0.3) is 0 Å². The summed E-state index contributed by atoms with van der Waals surface area (Å²) in [5.41, 5.74) is 0.346. The first-order valence-electron chi connectivity index (χ1n) is 6.91. The zero-order valence-electron chi connectivity index (χ0n) is 12.1. The molecule has 1 heterocycles. The zero-order chi connectivity index (χ0) is 17.2. The van der Waals surface area contributed by atoms with E-state index < -0.39 is 11.7 Å². The molecule has 0 atom stereocenters. The first-order valence-corrected chi connectivity index (χ1v) is 6.91. The summed E-state index contributed by atoms with van der Waals surface area (Å²) < 4.78 is 55.7. The van der Waals surface area contributed by atoms with E-state index in [1.54, 1.807) is 0 Å². The summed E-state index contributed by atoms with van der Waals surface area (Å²) in [7, 11) is 0. The van der Waals surface area contributed by atoms with Crippen LogP contribution in [0.3, 0.4) is 0 Å². The molecule has 0 aliphatic heterocycles. The second-order valence-corrected chi connectivity index (χ2v) is 4.94. The predicted molar refractivity (Wildman–Crippen MR) is 78.5 cm³/mol. The standard InChI is InChI=1S/C16H11F4N3O/c17-12-5-1-10(2-6-12)15-23-22-14(24-15)9-21-13-7-3-11(4-8-13)16(18,19)20/h1-8,21H,9H2. The van der Waals surface area contributed by atoms with Crippen molar-refractivity contribution in [3.8, 4) is 11.5 Å². The quantitative estimate of drug-likeness (QED) is 0.712. The van der Waals surface area contributed by atoms with Gasteiger partial charge < -0.3 is 9.73 Å². The van der Waals surface area contributed by atoms with Gasteiger partial charge in [-0.15, -0.1) is 10.2 Å². The molecule has 8 heteroatoms. The number of hydrogen-bond donors (Lipinski definition) is 1. The van der Waals surface area contributed by atoms with Crippen LogP contribution in [0.25, 0.3) is 11.5 Å². The van der Waals surface area contributed by atoms with E-state index in [4.69, 9.17) is 4.42 Å². The van der Waals surface area contributed by atoms with Gasteiger partial charge in [-0.1, -0.05) is 0 Å². The van der Waals surface area contributed by atoms with E-state index in [2.05, 4.69) is 15.5 Å². The molecule has 0 aliphatic rings. The van der Waals surface area contributed by atoms with Crippen LogP contribution in [-0.2, 0) is 12.7 Å². The molecule has 0 fully saturated rings. The highest BCUT2D eigenvalue weighted by atomic mass is 19.4. The number of benzene rings is 2. The van der Waals surface area contributed by atoms with Gasteiger partial charge in [0.15, 0.2) is 0 Å². The largest absolute Gasteiger partial charge is 0.419 e. The summed E-state index contributed by atoms with van der Waals surface area (Å²) in [5.74, 6) is 0.121. The van der Waals surface area contributed by atoms with Crippen LogP contribution in [0.2, 0.25) is 0 Å². The van der Waals surface area contributed by atoms with Gasteiger partial charge in [-0.3, -0.25) is 0 Å². The molecule has 0 unspecified atom stereocenters. The molecule has 1 aromatic heterocycles. The average Bonchev–Trinajstić information content (AvgIpc) is 3.02. The lowest BCUT2D eigenvalue weighted by Gasteiger charge is -2.08. The minimum atomic E-state index is -4.37. The van der Waals surface area contributed by atoms with Crippen molar-refractivity contribution >= 4 is 5.69 Å². The Morgan fingerprint density at radius 1 is 0.917 bits per heavy atom. The minimum absolute atomic E-state index is 0.152. The molecule has 0 amide bonds. The summed E-state index contributed by atoms with van der Waals surface area (Å²) in [5, 5.41) is 10.6. The average molecular weight is 337 g/mol. The van der Waals surface area contributed by atoms with E-state index in [9.17, 15) is 17.6 Å². The monoisotopic (exact) mass is 337 g/mol. The molecular weight excluding hydrogens is 326 g/mol. The molecule has 124 valence electrons. The van der Waals surface area contributed by atoms with Gasteiger partial charge in [0, 0.05) is 11.3 Å². The van der Waals surface area contributed by atoms with Crippen LogP contribution in [-0.4, -0.2) is 10.2 Å². The van der Waals surface area contributed by atoms with Crippen molar-refractivity contribution in [1.82, 2.24) is 10.2 Å². The number of nitrogens with one attached hydrogen (secondary N) is 1. The minimum Gasteiger partial charge on any atom is -0.419 e. The molecular formula is C16H11F4N3O. The Hall–Kier alpha value is -2.90. The van der Waals surface area contributed by atoms with Crippen LogP contribution in [0, 0.1) is 5.82 Å². The smallest absolute Gasteiger partial charge is 0.416 e. The number of rotatable bonds is 4. The first kappa shape index (κ1) is 16.0. The summed E-state index contributed by atoms with van der Waals surface area (Å²) >= 11 is 0. The normalized spacial score (nSPS) is 11.5. The van der Waals surface area contributed by atoms with Crippen molar-refractivity contribution in [3.05, 3.63) is 65.8 Å². The Labute approximate surface area is 134 Å².